The fourth-order valence-corrected chi connectivity index (χ4v) is 12.2. The van der Waals surface area contributed by atoms with Gasteiger partial charge in [-0.15, -0.1) is 0 Å². The van der Waals surface area contributed by atoms with Gasteiger partial charge >= 0.3 is 24.8 Å². The van der Waals surface area contributed by atoms with Crippen LogP contribution in [0.1, 0.15) is 0 Å². The smallest absolute Gasteiger partial charge is 0.356 e. The molecule has 200 valence electrons. The van der Waals surface area contributed by atoms with Crippen LogP contribution in [-0.4, -0.2) is 32.5 Å². The van der Waals surface area contributed by atoms with Gasteiger partial charge in [0.05, 0.1) is 23.3 Å². The molecule has 0 radical (unpaired) electrons. The maximum absolute atomic E-state index is 14.4. The summed E-state index contributed by atoms with van der Waals surface area (Å²) in [4.78, 5) is 11.4. The van der Waals surface area contributed by atoms with Crippen molar-refractivity contribution in [3.63, 3.8) is 0 Å². The minimum Gasteiger partial charge on any atom is -0.605 e. The molecule has 11 heterocycles. The normalized spacial score (nSPS) is 22.5. The first-order chi connectivity index (χ1) is 21.7. The van der Waals surface area contributed by atoms with Crippen LogP contribution in [0.2, 0.25) is 0 Å². The third kappa shape index (κ3) is 1.92. The average molecular weight is 602 g/mol. The van der Waals surface area contributed by atoms with Crippen molar-refractivity contribution >= 4 is 80.2 Å². The second-order valence-electron chi connectivity index (χ2n) is 12.2. The van der Waals surface area contributed by atoms with Crippen molar-refractivity contribution in [1.29, 1.82) is 0 Å². The third-order valence-electron chi connectivity index (χ3n) is 10.7. The van der Waals surface area contributed by atoms with Gasteiger partial charge in [0.15, 0.2) is 14.5 Å². The lowest BCUT2D eigenvalue weighted by atomic mass is 9.38. The highest BCUT2D eigenvalue weighted by Gasteiger charge is 2.77. The van der Waals surface area contributed by atoms with Crippen molar-refractivity contribution in [3.05, 3.63) is 85.5 Å². The molecular formula is C32H14B2N5O3S2+3. The van der Waals surface area contributed by atoms with Crippen molar-refractivity contribution < 1.29 is 23.2 Å². The standard InChI is InChI=1S/C32H14B2N5O3S2/c40-43-21-9-1-5-15-17-7-3-11-37-29(17)33(23(15)21)25-27-19(13-35-31(25)43)42-20-14-36-32-26-28(20)39(27,37)38-12-4-8-18-16-6-2-10-22(44(32)41)24(16)34(26)30(18)38/h1-14H/q+3. The highest BCUT2D eigenvalue weighted by molar-refractivity contribution is 7.92. The molecule has 0 fully saturated rings. The van der Waals surface area contributed by atoms with Crippen molar-refractivity contribution in [2.45, 2.75) is 19.8 Å². The predicted octanol–water partition coefficient (Wildman–Crippen LogP) is -0.697. The van der Waals surface area contributed by atoms with Crippen LogP contribution in [0.5, 0.6) is 11.5 Å². The van der Waals surface area contributed by atoms with E-state index in [-0.39, 0.29) is 18.1 Å². The first kappa shape index (κ1) is 22.1. The van der Waals surface area contributed by atoms with E-state index in [0.717, 1.165) is 76.5 Å². The molecule has 4 aromatic heterocycles. The van der Waals surface area contributed by atoms with Gasteiger partial charge in [0.1, 0.15) is 0 Å². The van der Waals surface area contributed by atoms with E-state index in [1.165, 1.54) is 0 Å². The molecule has 0 amide bonds. The molecule has 2 atom stereocenters. The second kappa shape index (κ2) is 6.63. The SMILES string of the molecule is [O-][S+]1c2cccc3c2B2c4c1ncc1c4[N+]4(c5c(cnc6c5B5c7c(cccc7[S+]6[O-])-c6ccc[n+]4c65)O1)[n+]1cccc-3c12. The summed E-state index contributed by atoms with van der Waals surface area (Å²) < 4.78 is 40.3. The van der Waals surface area contributed by atoms with Gasteiger partial charge in [0, 0.05) is 65.9 Å². The maximum Gasteiger partial charge on any atom is 0.356 e. The van der Waals surface area contributed by atoms with Crippen LogP contribution in [0.3, 0.4) is 0 Å². The average Bonchev–Trinajstić information content (AvgIpc) is 3.59. The van der Waals surface area contributed by atoms with Crippen molar-refractivity contribution in [2.24, 2.45) is 0 Å². The highest BCUT2D eigenvalue weighted by atomic mass is 32.2. The van der Waals surface area contributed by atoms with E-state index in [2.05, 4.69) is 58.1 Å². The maximum atomic E-state index is 14.4. The van der Waals surface area contributed by atoms with Gasteiger partial charge in [-0.1, -0.05) is 24.3 Å². The quantitative estimate of drug-likeness (QED) is 0.0993. The van der Waals surface area contributed by atoms with E-state index in [1.54, 1.807) is 12.4 Å². The molecule has 0 saturated heterocycles. The van der Waals surface area contributed by atoms with E-state index in [9.17, 15) is 9.11 Å². The molecule has 13 rings (SSSR count). The number of fused-ring (bicyclic) bond motifs is 2. The lowest BCUT2D eigenvalue weighted by Gasteiger charge is -2.39. The zero-order valence-corrected chi connectivity index (χ0v) is 24.1. The van der Waals surface area contributed by atoms with Gasteiger partial charge in [-0.3, -0.25) is 0 Å². The zero-order valence-electron chi connectivity index (χ0n) is 22.5. The summed E-state index contributed by atoms with van der Waals surface area (Å²) in [6.07, 6.45) is 7.78. The predicted molar refractivity (Wildman–Crippen MR) is 164 cm³/mol. The summed E-state index contributed by atoms with van der Waals surface area (Å²) in [5, 5.41) is 1.16. The topological polar surface area (TPSA) is 88.9 Å². The Morgan fingerprint density at radius 2 is 1.09 bits per heavy atom. The second-order valence-corrected chi connectivity index (χ2v) is 15.0. The molecule has 7 aliphatic rings. The number of pyridine rings is 4. The fraction of sp³-hybridized carbons (Fsp3) is 0. The van der Waals surface area contributed by atoms with Gasteiger partial charge in [-0.25, -0.2) is 9.97 Å². The summed E-state index contributed by atoms with van der Waals surface area (Å²) in [7, 11) is 0. The summed E-state index contributed by atoms with van der Waals surface area (Å²) in [5.41, 5.74) is 12.6. The Hall–Kier alpha value is -4.45. The zero-order chi connectivity index (χ0) is 28.4. The highest BCUT2D eigenvalue weighted by Crippen LogP contribution is 2.52. The third-order valence-corrected chi connectivity index (χ3v) is 13.6. The minimum atomic E-state index is -1.46. The van der Waals surface area contributed by atoms with Crippen LogP contribution in [-0.2, 0) is 22.4 Å². The van der Waals surface area contributed by atoms with Crippen molar-refractivity contribution in [2.75, 3.05) is 0 Å². The van der Waals surface area contributed by atoms with Crippen LogP contribution in [0, 0.1) is 0 Å². The Labute approximate surface area is 256 Å². The summed E-state index contributed by atoms with van der Waals surface area (Å²) >= 11 is -2.93. The molecule has 2 unspecified atom stereocenters. The lowest BCUT2D eigenvalue weighted by molar-refractivity contribution is -1.03. The Morgan fingerprint density at radius 3 is 1.59 bits per heavy atom. The molecule has 0 bridgehead atoms. The molecule has 0 saturated carbocycles. The number of nitrogens with zero attached hydrogens (tertiary/aromatic N) is 5. The van der Waals surface area contributed by atoms with Crippen LogP contribution < -0.4 is 51.8 Å². The largest absolute Gasteiger partial charge is 0.605 e. The first-order valence-electron chi connectivity index (χ1n) is 14.5. The van der Waals surface area contributed by atoms with E-state index in [4.69, 9.17) is 14.7 Å². The molecule has 2 aromatic carbocycles. The van der Waals surface area contributed by atoms with E-state index >= 15 is 0 Å². The molecule has 7 aliphatic heterocycles. The molecule has 0 N–H and O–H groups in total. The molecular weight excluding hydrogens is 588 g/mol. The molecule has 6 aromatic rings. The van der Waals surface area contributed by atoms with Gasteiger partial charge in [0.25, 0.3) is 10.1 Å². The number of quaternary nitrogens is 1. The number of hydrogen-bond donors (Lipinski definition) is 0. The number of hydrogen-bond acceptors (Lipinski definition) is 5. The van der Waals surface area contributed by atoms with Crippen LogP contribution in [0.15, 0.2) is 105 Å². The Bertz CT molecular complexity index is 2360. The Kier molecular flexibility index (Phi) is 3.33. The molecule has 12 heteroatoms. The van der Waals surface area contributed by atoms with E-state index in [0.29, 0.717) is 21.6 Å². The Morgan fingerprint density at radius 1 is 0.614 bits per heavy atom. The minimum absolute atomic E-state index is 0.126. The number of benzene rings is 2. The van der Waals surface area contributed by atoms with E-state index < -0.39 is 22.4 Å². The summed E-state index contributed by atoms with van der Waals surface area (Å²) in [6.45, 7) is -0.265. The van der Waals surface area contributed by atoms with E-state index in [1.807, 2.05) is 24.3 Å². The van der Waals surface area contributed by atoms with Crippen molar-refractivity contribution in [1.82, 2.24) is 14.7 Å². The van der Waals surface area contributed by atoms with Crippen LogP contribution in [0.25, 0.3) is 22.3 Å². The molecule has 0 aliphatic carbocycles. The molecule has 8 nitrogen and oxygen atoms in total. The van der Waals surface area contributed by atoms with Gasteiger partial charge < -0.3 is 13.8 Å². The summed E-state index contributed by atoms with van der Waals surface area (Å²) in [5.74, 6) is 1.23. The number of rotatable bonds is 0. The fourth-order valence-electron chi connectivity index (χ4n) is 9.41. The first-order valence-corrected chi connectivity index (χ1v) is 16.8. The number of aromatic nitrogens is 4. The lowest BCUT2D eigenvalue weighted by Crippen LogP contribution is -2.99. The summed E-state index contributed by atoms with van der Waals surface area (Å²) in [6, 6.07) is 20.8. The van der Waals surface area contributed by atoms with Gasteiger partial charge in [-0.05, 0) is 35.4 Å². The Balaban J connectivity index is 1.32. The molecule has 1 spiro atoms. The van der Waals surface area contributed by atoms with Crippen molar-refractivity contribution in [3.8, 4) is 33.8 Å². The van der Waals surface area contributed by atoms with Crippen LogP contribution >= 0.6 is 0 Å². The molecule has 44 heavy (non-hydrogen) atoms. The monoisotopic (exact) mass is 602 g/mol. The van der Waals surface area contributed by atoms with Gasteiger partial charge in [-0.2, -0.15) is 0 Å². The van der Waals surface area contributed by atoms with Gasteiger partial charge in [0.2, 0.25) is 35.1 Å². The number of ether oxygens (including phenoxy) is 1. The van der Waals surface area contributed by atoms with Crippen LogP contribution in [0.4, 0.5) is 11.4 Å².